The number of benzene rings is 2. The van der Waals surface area contributed by atoms with Gasteiger partial charge in [0.15, 0.2) is 0 Å². The summed E-state index contributed by atoms with van der Waals surface area (Å²) in [7, 11) is 0. The number of carbonyl (C=O) groups excluding carboxylic acids is 1. The van der Waals surface area contributed by atoms with Crippen molar-refractivity contribution in [3.8, 4) is 5.69 Å². The normalized spacial score (nSPS) is 11.1. The third kappa shape index (κ3) is 4.87. The smallest absolute Gasteiger partial charge is 0.269 e. The maximum Gasteiger partial charge on any atom is 0.269 e. The van der Waals surface area contributed by atoms with Crippen LogP contribution in [0.25, 0.3) is 5.69 Å². The van der Waals surface area contributed by atoms with E-state index >= 15 is 0 Å². The number of carbonyl (C=O) groups is 1. The third-order valence-corrected chi connectivity index (χ3v) is 5.28. The molecule has 2 aromatic carbocycles. The van der Waals surface area contributed by atoms with Crippen molar-refractivity contribution in [1.82, 2.24) is 9.99 Å². The summed E-state index contributed by atoms with van der Waals surface area (Å²) >= 11 is 12.1. The SMILES string of the molecule is Cc1cc(/C=N\NC(=O)Cc2ccc([N+](=O)[O-])cc2)c(C)n1-c1ccc(Cl)c(Cl)c1. The average Bonchev–Trinajstić information content (AvgIpc) is 2.98. The van der Waals surface area contributed by atoms with Crippen molar-refractivity contribution in [3.63, 3.8) is 0 Å². The Kier molecular flexibility index (Phi) is 6.54. The highest BCUT2D eigenvalue weighted by atomic mass is 35.5. The number of amides is 1. The zero-order valence-corrected chi connectivity index (χ0v) is 17.7. The Hall–Kier alpha value is -3.16. The first-order valence-corrected chi connectivity index (χ1v) is 9.71. The molecule has 7 nitrogen and oxygen atoms in total. The lowest BCUT2D eigenvalue weighted by Gasteiger charge is -2.10. The number of aromatic nitrogens is 1. The number of rotatable bonds is 6. The molecule has 0 spiro atoms. The van der Waals surface area contributed by atoms with E-state index in [4.69, 9.17) is 23.2 Å². The standard InChI is InChI=1S/C21H18Cl2N4O3/c1-13-9-16(14(2)26(13)18-7-8-19(22)20(23)11-18)12-24-25-21(28)10-15-3-5-17(6-4-15)27(29)30/h3-9,11-12H,10H2,1-2H3,(H,25,28)/b24-12-. The molecule has 0 aliphatic heterocycles. The van der Waals surface area contributed by atoms with Crippen molar-refractivity contribution < 1.29 is 9.72 Å². The molecule has 0 aliphatic carbocycles. The molecule has 154 valence electrons. The molecule has 1 heterocycles. The number of halogens is 2. The van der Waals surface area contributed by atoms with Crippen LogP contribution in [0, 0.1) is 24.0 Å². The van der Waals surface area contributed by atoms with Gasteiger partial charge in [0, 0.05) is 34.8 Å². The topological polar surface area (TPSA) is 89.5 Å². The van der Waals surface area contributed by atoms with Gasteiger partial charge >= 0.3 is 0 Å². The molecule has 3 aromatic rings. The Bertz CT molecular complexity index is 1140. The molecule has 3 rings (SSSR count). The van der Waals surface area contributed by atoms with Crippen LogP contribution in [0.3, 0.4) is 0 Å². The molecule has 0 saturated carbocycles. The van der Waals surface area contributed by atoms with Gasteiger partial charge in [-0.1, -0.05) is 35.3 Å². The van der Waals surface area contributed by atoms with E-state index in [1.165, 1.54) is 12.1 Å². The molecule has 30 heavy (non-hydrogen) atoms. The summed E-state index contributed by atoms with van der Waals surface area (Å²) in [5, 5.41) is 15.7. The highest BCUT2D eigenvalue weighted by Crippen LogP contribution is 2.27. The Morgan fingerprint density at radius 3 is 2.47 bits per heavy atom. The second kappa shape index (κ2) is 9.11. The van der Waals surface area contributed by atoms with Crippen LogP contribution in [0.15, 0.2) is 53.6 Å². The quantitative estimate of drug-likeness (QED) is 0.329. The van der Waals surface area contributed by atoms with Gasteiger partial charge in [-0.2, -0.15) is 5.10 Å². The maximum atomic E-state index is 12.1. The number of aryl methyl sites for hydroxylation is 1. The van der Waals surface area contributed by atoms with Gasteiger partial charge in [-0.15, -0.1) is 0 Å². The van der Waals surface area contributed by atoms with E-state index in [0.29, 0.717) is 15.6 Å². The van der Waals surface area contributed by atoms with Crippen molar-refractivity contribution in [3.05, 3.63) is 91.2 Å². The van der Waals surface area contributed by atoms with Gasteiger partial charge in [0.2, 0.25) is 5.91 Å². The molecule has 0 saturated heterocycles. The van der Waals surface area contributed by atoms with Gasteiger partial charge in [-0.05, 0) is 43.7 Å². The fraction of sp³-hybridized carbons (Fsp3) is 0.143. The molecule has 0 unspecified atom stereocenters. The summed E-state index contributed by atoms with van der Waals surface area (Å²) in [6.45, 7) is 3.90. The van der Waals surface area contributed by atoms with Gasteiger partial charge < -0.3 is 4.57 Å². The fourth-order valence-electron chi connectivity index (χ4n) is 3.07. The van der Waals surface area contributed by atoms with Crippen molar-refractivity contribution in [2.75, 3.05) is 0 Å². The van der Waals surface area contributed by atoms with Crippen LogP contribution < -0.4 is 5.43 Å². The molecule has 9 heteroatoms. The highest BCUT2D eigenvalue weighted by molar-refractivity contribution is 6.42. The van der Waals surface area contributed by atoms with Crippen LogP contribution in [0.2, 0.25) is 10.0 Å². The fourth-order valence-corrected chi connectivity index (χ4v) is 3.37. The van der Waals surface area contributed by atoms with E-state index in [2.05, 4.69) is 10.5 Å². The predicted molar refractivity (Wildman–Crippen MR) is 118 cm³/mol. The number of hydrogen-bond donors (Lipinski definition) is 1. The minimum absolute atomic E-state index is 0.0190. The van der Waals surface area contributed by atoms with Crippen molar-refractivity contribution in [2.24, 2.45) is 5.10 Å². The Balaban J connectivity index is 1.68. The number of nitrogens with one attached hydrogen (secondary N) is 1. The molecule has 1 amide bonds. The van der Waals surface area contributed by atoms with Crippen molar-refractivity contribution in [2.45, 2.75) is 20.3 Å². The van der Waals surface area contributed by atoms with Crippen LogP contribution in [-0.4, -0.2) is 21.6 Å². The summed E-state index contributed by atoms with van der Waals surface area (Å²) in [5.74, 6) is -0.321. The van der Waals surface area contributed by atoms with E-state index in [1.807, 2.05) is 30.5 Å². The van der Waals surface area contributed by atoms with Crippen molar-refractivity contribution in [1.29, 1.82) is 0 Å². The van der Waals surface area contributed by atoms with E-state index in [9.17, 15) is 14.9 Å². The van der Waals surface area contributed by atoms with Crippen LogP contribution in [0.4, 0.5) is 5.69 Å². The summed E-state index contributed by atoms with van der Waals surface area (Å²) < 4.78 is 2.02. The second-order valence-electron chi connectivity index (χ2n) is 6.65. The molecular weight excluding hydrogens is 427 g/mol. The first-order valence-electron chi connectivity index (χ1n) is 8.96. The Morgan fingerprint density at radius 2 is 1.83 bits per heavy atom. The minimum atomic E-state index is -0.484. The predicted octanol–water partition coefficient (Wildman–Crippen LogP) is 5.00. The highest BCUT2D eigenvalue weighted by Gasteiger charge is 2.11. The van der Waals surface area contributed by atoms with Crippen LogP contribution in [-0.2, 0) is 11.2 Å². The molecule has 0 bridgehead atoms. The number of nitrogens with zero attached hydrogens (tertiary/aromatic N) is 3. The third-order valence-electron chi connectivity index (χ3n) is 4.54. The lowest BCUT2D eigenvalue weighted by Crippen LogP contribution is -2.19. The lowest BCUT2D eigenvalue weighted by molar-refractivity contribution is -0.384. The molecule has 0 radical (unpaired) electrons. The van der Waals surface area contributed by atoms with Crippen LogP contribution in [0.1, 0.15) is 22.5 Å². The monoisotopic (exact) mass is 444 g/mol. The van der Waals surface area contributed by atoms with Gasteiger partial charge in [0.1, 0.15) is 0 Å². The summed E-state index contributed by atoms with van der Waals surface area (Å²) in [4.78, 5) is 22.3. The first kappa shape index (κ1) is 21.5. The van der Waals surface area contributed by atoms with Gasteiger partial charge in [-0.3, -0.25) is 14.9 Å². The number of hydrogen-bond acceptors (Lipinski definition) is 4. The van der Waals surface area contributed by atoms with E-state index < -0.39 is 4.92 Å². The van der Waals surface area contributed by atoms with Crippen molar-refractivity contribution >= 4 is 41.0 Å². The second-order valence-corrected chi connectivity index (χ2v) is 7.47. The number of nitro groups is 1. The molecule has 1 N–H and O–H groups in total. The van der Waals surface area contributed by atoms with Crippen LogP contribution in [0.5, 0.6) is 0 Å². The average molecular weight is 445 g/mol. The Labute approximate surface area is 183 Å². The van der Waals surface area contributed by atoms with Crippen LogP contribution >= 0.6 is 23.2 Å². The van der Waals surface area contributed by atoms with E-state index in [0.717, 1.165) is 22.6 Å². The Morgan fingerprint density at radius 1 is 1.13 bits per heavy atom. The van der Waals surface area contributed by atoms with Gasteiger partial charge in [-0.25, -0.2) is 5.43 Å². The molecule has 0 fully saturated rings. The minimum Gasteiger partial charge on any atom is -0.318 e. The summed E-state index contributed by atoms with van der Waals surface area (Å²) in [6.07, 6.45) is 1.64. The molecular formula is C21H18Cl2N4O3. The zero-order valence-electron chi connectivity index (χ0n) is 16.2. The molecule has 1 aromatic heterocycles. The summed E-state index contributed by atoms with van der Waals surface area (Å²) in [6, 6.07) is 13.2. The van der Waals surface area contributed by atoms with Gasteiger partial charge in [0.05, 0.1) is 27.6 Å². The maximum absolute atomic E-state index is 12.1. The number of non-ortho nitro benzene ring substituents is 1. The number of hydrazone groups is 1. The zero-order chi connectivity index (χ0) is 21.8. The summed E-state index contributed by atoms with van der Waals surface area (Å²) in [5.41, 5.74) is 6.74. The first-order chi connectivity index (χ1) is 14.3. The van der Waals surface area contributed by atoms with Gasteiger partial charge in [0.25, 0.3) is 5.69 Å². The van der Waals surface area contributed by atoms with E-state index in [1.54, 1.807) is 30.5 Å². The number of nitro benzene ring substituents is 1. The lowest BCUT2D eigenvalue weighted by atomic mass is 10.1. The van der Waals surface area contributed by atoms with E-state index in [-0.39, 0.29) is 18.0 Å². The molecule has 0 atom stereocenters. The molecule has 0 aliphatic rings. The largest absolute Gasteiger partial charge is 0.318 e.